The molecule has 1 amide bonds. The molecule has 4 nitrogen and oxygen atoms in total. The van der Waals surface area contributed by atoms with Gasteiger partial charge >= 0.3 is 0 Å². The molecule has 2 atom stereocenters. The van der Waals surface area contributed by atoms with E-state index in [1.807, 2.05) is 61.5 Å². The van der Waals surface area contributed by atoms with Crippen molar-refractivity contribution in [2.24, 2.45) is 10.9 Å². The van der Waals surface area contributed by atoms with E-state index in [2.05, 4.69) is 42.5 Å². The Kier molecular flexibility index (Phi) is 7.11. The van der Waals surface area contributed by atoms with Crippen molar-refractivity contribution in [1.82, 2.24) is 5.32 Å². The maximum absolute atomic E-state index is 12.6. The molecule has 5 heteroatoms. The van der Waals surface area contributed by atoms with Gasteiger partial charge in [0.15, 0.2) is 0 Å². The fourth-order valence-corrected chi connectivity index (χ4v) is 3.64. The van der Waals surface area contributed by atoms with Crippen LogP contribution >= 0.6 is 11.6 Å². The maximum atomic E-state index is 12.6. The van der Waals surface area contributed by atoms with Gasteiger partial charge in [-0.15, -0.1) is 0 Å². The van der Waals surface area contributed by atoms with Crippen LogP contribution in [0, 0.1) is 19.8 Å². The lowest BCUT2D eigenvalue weighted by molar-refractivity contribution is 0.102. The van der Waals surface area contributed by atoms with Crippen molar-refractivity contribution in [2.45, 2.75) is 40.2 Å². The minimum absolute atomic E-state index is 0.00380. The molecule has 1 heterocycles. The number of aryl methyl sites for hydroxylation is 2. The molecule has 156 valence electrons. The highest BCUT2D eigenvalue weighted by Gasteiger charge is 2.14. The molecule has 0 spiro atoms. The number of benzene rings is 2. The van der Waals surface area contributed by atoms with Gasteiger partial charge in [-0.1, -0.05) is 48.4 Å². The SMILES string of the molecule is Cc1cccc(C(=O)Nc2ccc(C)c([C@H](C)NC3=C/C(C)C/C=C/C(Cl)=N\3)c2)c1. The zero-order valence-electron chi connectivity index (χ0n) is 17.9. The van der Waals surface area contributed by atoms with Gasteiger partial charge in [-0.3, -0.25) is 4.79 Å². The first-order valence-corrected chi connectivity index (χ1v) is 10.6. The van der Waals surface area contributed by atoms with E-state index in [1.165, 1.54) is 0 Å². The molecule has 1 aliphatic heterocycles. The zero-order chi connectivity index (χ0) is 21.7. The van der Waals surface area contributed by atoms with Crippen LogP contribution in [0.3, 0.4) is 0 Å². The van der Waals surface area contributed by atoms with Gasteiger partial charge in [-0.05, 0) is 80.7 Å². The van der Waals surface area contributed by atoms with E-state index in [1.54, 1.807) is 0 Å². The van der Waals surface area contributed by atoms with Crippen LogP contribution in [0.4, 0.5) is 5.69 Å². The largest absolute Gasteiger partial charge is 0.364 e. The highest BCUT2D eigenvalue weighted by Crippen LogP contribution is 2.24. The Balaban J connectivity index is 1.79. The third-order valence-corrected chi connectivity index (χ3v) is 5.29. The third-order valence-electron chi connectivity index (χ3n) is 5.08. The summed E-state index contributed by atoms with van der Waals surface area (Å²) in [6.07, 6.45) is 6.90. The van der Waals surface area contributed by atoms with Crippen molar-refractivity contribution in [3.63, 3.8) is 0 Å². The number of halogens is 1. The van der Waals surface area contributed by atoms with E-state index in [9.17, 15) is 4.79 Å². The average Bonchev–Trinajstić information content (AvgIpc) is 2.68. The number of hydrogen-bond acceptors (Lipinski definition) is 3. The molecule has 3 rings (SSSR count). The van der Waals surface area contributed by atoms with Gasteiger partial charge in [-0.25, -0.2) is 4.99 Å². The molecule has 0 aromatic heterocycles. The van der Waals surface area contributed by atoms with E-state index in [-0.39, 0.29) is 11.9 Å². The Hall–Kier alpha value is -2.85. The summed E-state index contributed by atoms with van der Waals surface area (Å²) in [6.45, 7) is 8.27. The van der Waals surface area contributed by atoms with Gasteiger partial charge in [0.2, 0.25) is 0 Å². The number of rotatable bonds is 5. The summed E-state index contributed by atoms with van der Waals surface area (Å²) in [5.74, 6) is 1.01. The molecule has 0 saturated heterocycles. The number of allylic oxidation sites excluding steroid dienone is 3. The Morgan fingerprint density at radius 1 is 1.20 bits per heavy atom. The minimum Gasteiger partial charge on any atom is -0.364 e. The van der Waals surface area contributed by atoms with Crippen LogP contribution in [0.1, 0.15) is 53.4 Å². The smallest absolute Gasteiger partial charge is 0.255 e. The lowest BCUT2D eigenvalue weighted by Crippen LogP contribution is -2.20. The summed E-state index contributed by atoms with van der Waals surface area (Å²) in [5, 5.41) is 6.93. The first kappa shape index (κ1) is 21.8. The van der Waals surface area contributed by atoms with Crippen molar-refractivity contribution in [2.75, 3.05) is 5.32 Å². The molecule has 1 aliphatic rings. The van der Waals surface area contributed by atoms with Crippen molar-refractivity contribution >= 4 is 28.4 Å². The molecule has 1 unspecified atom stereocenters. The number of aliphatic imine (C=N–C) groups is 1. The molecule has 0 radical (unpaired) electrons. The first-order chi connectivity index (χ1) is 14.3. The van der Waals surface area contributed by atoms with Crippen molar-refractivity contribution in [3.05, 3.63) is 88.8 Å². The Labute approximate surface area is 183 Å². The number of amides is 1. The topological polar surface area (TPSA) is 53.5 Å². The number of hydrogen-bond donors (Lipinski definition) is 2. The zero-order valence-corrected chi connectivity index (χ0v) is 18.6. The molecule has 30 heavy (non-hydrogen) atoms. The van der Waals surface area contributed by atoms with Crippen LogP contribution in [-0.4, -0.2) is 11.1 Å². The Morgan fingerprint density at radius 3 is 2.77 bits per heavy atom. The van der Waals surface area contributed by atoms with E-state index >= 15 is 0 Å². The molecular formula is C25H28ClN3O. The van der Waals surface area contributed by atoms with Gasteiger partial charge in [0, 0.05) is 11.3 Å². The second kappa shape index (κ2) is 9.77. The van der Waals surface area contributed by atoms with E-state index in [4.69, 9.17) is 11.6 Å². The van der Waals surface area contributed by atoms with Gasteiger partial charge in [0.05, 0.1) is 6.04 Å². The number of carbonyl (C=O) groups is 1. The highest BCUT2D eigenvalue weighted by atomic mass is 35.5. The number of carbonyl (C=O) groups excluding carboxylic acids is 1. The van der Waals surface area contributed by atoms with Crippen molar-refractivity contribution in [3.8, 4) is 0 Å². The molecule has 0 aliphatic carbocycles. The van der Waals surface area contributed by atoms with Crippen LogP contribution in [0.15, 0.2) is 71.5 Å². The summed E-state index contributed by atoms with van der Waals surface area (Å²) in [5.41, 5.74) is 4.70. The molecule has 2 aromatic rings. The van der Waals surface area contributed by atoms with Crippen molar-refractivity contribution in [1.29, 1.82) is 0 Å². The second-order valence-electron chi connectivity index (χ2n) is 7.86. The average molecular weight is 422 g/mol. The summed E-state index contributed by atoms with van der Waals surface area (Å²) in [6, 6.07) is 13.5. The molecule has 0 bridgehead atoms. The van der Waals surface area contributed by atoms with Crippen molar-refractivity contribution < 1.29 is 4.79 Å². The monoisotopic (exact) mass is 421 g/mol. The lowest BCUT2D eigenvalue weighted by atomic mass is 10.0. The fourth-order valence-electron chi connectivity index (χ4n) is 3.46. The standard InChI is InChI=1S/C25H28ClN3O/c1-16-7-5-9-20(13-16)25(30)28-21-12-11-18(3)22(15-21)19(4)27-24-14-17(2)8-6-10-23(26)29-24/h5-7,9-15,17,19,27H,8H2,1-4H3,(H,28,30)/b10-6+,24-14-,29-23+/t17?,19-/m0/s1. The van der Waals surface area contributed by atoms with Crippen LogP contribution in [0.2, 0.25) is 0 Å². The summed E-state index contributed by atoms with van der Waals surface area (Å²) in [4.78, 5) is 17.1. The third kappa shape index (κ3) is 5.83. The maximum Gasteiger partial charge on any atom is 0.255 e. The van der Waals surface area contributed by atoms with E-state index < -0.39 is 0 Å². The first-order valence-electron chi connectivity index (χ1n) is 10.2. The molecule has 0 fully saturated rings. The number of anilines is 1. The van der Waals surface area contributed by atoms with E-state index in [0.717, 1.165) is 34.6 Å². The predicted octanol–water partition coefficient (Wildman–Crippen LogP) is 6.28. The predicted molar refractivity (Wildman–Crippen MR) is 126 cm³/mol. The molecule has 0 saturated carbocycles. The molecule has 2 aromatic carbocycles. The van der Waals surface area contributed by atoms with Gasteiger partial charge in [0.25, 0.3) is 5.91 Å². The lowest BCUT2D eigenvalue weighted by Gasteiger charge is -2.20. The summed E-state index contributed by atoms with van der Waals surface area (Å²) < 4.78 is 0. The van der Waals surface area contributed by atoms with E-state index in [0.29, 0.717) is 16.7 Å². The van der Waals surface area contributed by atoms with Crippen LogP contribution in [0.25, 0.3) is 0 Å². The summed E-state index contributed by atoms with van der Waals surface area (Å²) >= 11 is 6.18. The van der Waals surface area contributed by atoms with Gasteiger partial charge in [0.1, 0.15) is 11.0 Å². The minimum atomic E-state index is -0.117. The molecular weight excluding hydrogens is 394 g/mol. The molecule has 2 N–H and O–H groups in total. The summed E-state index contributed by atoms with van der Waals surface area (Å²) in [7, 11) is 0. The highest BCUT2D eigenvalue weighted by molar-refractivity contribution is 6.68. The van der Waals surface area contributed by atoms with Gasteiger partial charge < -0.3 is 10.6 Å². The van der Waals surface area contributed by atoms with Crippen LogP contribution in [0.5, 0.6) is 0 Å². The van der Waals surface area contributed by atoms with Gasteiger partial charge in [-0.2, -0.15) is 0 Å². The van der Waals surface area contributed by atoms with Crippen LogP contribution in [-0.2, 0) is 0 Å². The second-order valence-corrected chi connectivity index (χ2v) is 8.25. The number of nitrogens with zero attached hydrogens (tertiary/aromatic N) is 1. The fraction of sp³-hybridized carbons (Fsp3) is 0.280. The quantitative estimate of drug-likeness (QED) is 0.596. The normalized spacial score (nSPS) is 21.8. The Bertz CT molecular complexity index is 1020. The number of nitrogens with one attached hydrogen (secondary N) is 2. The Morgan fingerprint density at radius 2 is 2.00 bits per heavy atom. The van der Waals surface area contributed by atoms with Crippen LogP contribution < -0.4 is 10.6 Å².